The molecule has 2 rings (SSSR count). The van der Waals surface area contributed by atoms with E-state index in [0.717, 1.165) is 45.2 Å². The Kier molecular flexibility index (Phi) is 4.39. The highest BCUT2D eigenvalue weighted by atomic mass is 16.8. The minimum absolute atomic E-state index is 0.0972. The number of amides is 1. The maximum absolute atomic E-state index is 12.5. The fourth-order valence-electron chi connectivity index (χ4n) is 3.58. The van der Waals surface area contributed by atoms with Crippen LogP contribution in [0.1, 0.15) is 52.9 Å². The zero-order valence-electron chi connectivity index (χ0n) is 12.9. The van der Waals surface area contributed by atoms with E-state index < -0.39 is 0 Å². The molecule has 2 heterocycles. The number of quaternary nitrogens is 1. The van der Waals surface area contributed by atoms with Gasteiger partial charge in [0, 0.05) is 12.1 Å². The van der Waals surface area contributed by atoms with E-state index in [2.05, 4.69) is 20.8 Å². The average molecular weight is 269 g/mol. The normalized spacial score (nSPS) is 33.7. The van der Waals surface area contributed by atoms with Crippen LogP contribution in [-0.2, 0) is 4.84 Å². The summed E-state index contributed by atoms with van der Waals surface area (Å²) in [7, 11) is 2.01. The van der Waals surface area contributed by atoms with Gasteiger partial charge in [-0.3, -0.25) is 9.74 Å². The van der Waals surface area contributed by atoms with Crippen molar-refractivity contribution in [1.82, 2.24) is 4.90 Å². The van der Waals surface area contributed by atoms with Crippen molar-refractivity contribution in [2.24, 2.45) is 5.92 Å². The van der Waals surface area contributed by atoms with Gasteiger partial charge in [-0.1, -0.05) is 20.3 Å². The lowest BCUT2D eigenvalue weighted by atomic mass is 9.86. The molecule has 0 spiro atoms. The lowest BCUT2D eigenvalue weighted by Gasteiger charge is -2.45. The first-order valence-corrected chi connectivity index (χ1v) is 7.81. The van der Waals surface area contributed by atoms with Crippen molar-refractivity contribution in [3.8, 4) is 0 Å². The molecule has 0 aromatic heterocycles. The molecular formula is C15H29N2O2+. The first-order valence-electron chi connectivity index (χ1n) is 7.81. The summed E-state index contributed by atoms with van der Waals surface area (Å²) in [4.78, 5) is 20.2. The lowest BCUT2D eigenvalue weighted by molar-refractivity contribution is -1.10. The molecule has 0 aromatic rings. The molecule has 2 aliphatic heterocycles. The number of likely N-dealkylation sites (tertiary alicyclic amines) is 2. The van der Waals surface area contributed by atoms with Gasteiger partial charge in [0.15, 0.2) is 0 Å². The maximum atomic E-state index is 12.5. The van der Waals surface area contributed by atoms with Crippen molar-refractivity contribution in [2.45, 2.75) is 65.0 Å². The summed E-state index contributed by atoms with van der Waals surface area (Å²) in [5.74, 6) is 0.712. The van der Waals surface area contributed by atoms with Gasteiger partial charge in [-0.2, -0.15) is 0 Å². The summed E-state index contributed by atoms with van der Waals surface area (Å²) >= 11 is 0. The minimum atomic E-state index is -0.0972. The van der Waals surface area contributed by atoms with Crippen molar-refractivity contribution in [3.05, 3.63) is 0 Å². The van der Waals surface area contributed by atoms with E-state index >= 15 is 0 Å². The number of carbonyl (C=O) groups excluding carboxylic acids is 1. The second-order valence-corrected chi connectivity index (χ2v) is 6.73. The summed E-state index contributed by atoms with van der Waals surface area (Å²) < 4.78 is 0.469. The van der Waals surface area contributed by atoms with Gasteiger partial charge < -0.3 is 0 Å². The van der Waals surface area contributed by atoms with Crippen molar-refractivity contribution >= 4 is 6.09 Å². The van der Waals surface area contributed by atoms with Crippen LogP contribution in [0.5, 0.6) is 0 Å². The number of nitrogens with zero attached hydrogens (tertiary/aromatic N) is 2. The molecular weight excluding hydrogens is 240 g/mol. The second kappa shape index (κ2) is 5.70. The number of hydroxylamine groups is 3. The third kappa shape index (κ3) is 3.22. The lowest BCUT2D eigenvalue weighted by Crippen LogP contribution is -2.60. The SMILES string of the molecule is CCCC1C[C@@H](C)CC(C)N1C(=O)O[N+]1(C)CCC1. The molecule has 0 N–H and O–H groups in total. The van der Waals surface area contributed by atoms with Gasteiger partial charge in [-0.05, 0) is 32.1 Å². The van der Waals surface area contributed by atoms with Gasteiger partial charge in [-0.15, -0.1) is 4.65 Å². The van der Waals surface area contributed by atoms with E-state index in [1.54, 1.807) is 0 Å². The van der Waals surface area contributed by atoms with Gasteiger partial charge in [0.1, 0.15) is 20.1 Å². The highest BCUT2D eigenvalue weighted by Crippen LogP contribution is 2.31. The molecule has 2 fully saturated rings. The highest BCUT2D eigenvalue weighted by molar-refractivity contribution is 5.68. The molecule has 2 unspecified atom stereocenters. The van der Waals surface area contributed by atoms with Crippen molar-refractivity contribution < 1.29 is 14.3 Å². The van der Waals surface area contributed by atoms with E-state index in [1.807, 2.05) is 11.9 Å². The van der Waals surface area contributed by atoms with Crippen LogP contribution in [0.3, 0.4) is 0 Å². The Morgan fingerprint density at radius 2 is 2.00 bits per heavy atom. The number of carbonyl (C=O) groups is 1. The number of hydrogen-bond acceptors (Lipinski definition) is 2. The Balaban J connectivity index is 2.02. The molecule has 110 valence electrons. The molecule has 2 saturated heterocycles. The third-order valence-electron chi connectivity index (χ3n) is 4.68. The number of rotatable bonds is 3. The molecule has 0 radical (unpaired) electrons. The summed E-state index contributed by atoms with van der Waals surface area (Å²) in [6.07, 6.45) is 5.50. The molecule has 19 heavy (non-hydrogen) atoms. The molecule has 0 bridgehead atoms. The van der Waals surface area contributed by atoms with Crippen LogP contribution in [0.15, 0.2) is 0 Å². The predicted molar refractivity (Wildman–Crippen MR) is 75.4 cm³/mol. The Bertz CT molecular complexity index is 328. The molecule has 2 aliphatic rings. The zero-order chi connectivity index (χ0) is 14.0. The topological polar surface area (TPSA) is 29.5 Å². The van der Waals surface area contributed by atoms with Crippen LogP contribution in [0.25, 0.3) is 0 Å². The van der Waals surface area contributed by atoms with Gasteiger partial charge in [0.2, 0.25) is 0 Å². The molecule has 0 aromatic carbocycles. The summed E-state index contributed by atoms with van der Waals surface area (Å²) in [5.41, 5.74) is 0. The molecule has 4 nitrogen and oxygen atoms in total. The molecule has 4 heteroatoms. The summed E-state index contributed by atoms with van der Waals surface area (Å²) in [6.45, 7) is 8.57. The fourth-order valence-corrected chi connectivity index (χ4v) is 3.58. The quantitative estimate of drug-likeness (QED) is 0.736. The van der Waals surface area contributed by atoms with Gasteiger partial charge >= 0.3 is 6.09 Å². The molecule has 3 atom stereocenters. The Morgan fingerprint density at radius 3 is 2.53 bits per heavy atom. The summed E-state index contributed by atoms with van der Waals surface area (Å²) in [5, 5.41) is 0. The Hall–Kier alpha value is -0.770. The van der Waals surface area contributed by atoms with Crippen LogP contribution in [0.2, 0.25) is 0 Å². The van der Waals surface area contributed by atoms with Crippen LogP contribution in [0.4, 0.5) is 4.79 Å². The first kappa shape index (κ1) is 14.6. The zero-order valence-corrected chi connectivity index (χ0v) is 12.9. The van der Waals surface area contributed by atoms with Gasteiger partial charge in [0.25, 0.3) is 0 Å². The van der Waals surface area contributed by atoms with Crippen LogP contribution >= 0.6 is 0 Å². The van der Waals surface area contributed by atoms with Crippen molar-refractivity contribution in [2.75, 3.05) is 20.1 Å². The van der Waals surface area contributed by atoms with Gasteiger partial charge in [-0.25, -0.2) is 4.79 Å². The molecule has 1 amide bonds. The fraction of sp³-hybridized carbons (Fsp3) is 0.933. The first-order chi connectivity index (χ1) is 8.95. The average Bonchev–Trinajstić information content (AvgIpc) is 2.26. The van der Waals surface area contributed by atoms with Crippen molar-refractivity contribution in [1.29, 1.82) is 0 Å². The smallest absolute Gasteiger partial charge is 0.298 e. The standard InChI is InChI=1S/C15H29N2O2/c1-5-7-14-11-12(2)10-13(3)16(14)15(18)19-17(4)8-6-9-17/h12-14H,5-11H2,1-4H3/q+1/t12-,13?,14?/m0/s1. The monoisotopic (exact) mass is 269 g/mol. The van der Waals surface area contributed by atoms with E-state index in [-0.39, 0.29) is 6.09 Å². The van der Waals surface area contributed by atoms with E-state index in [1.165, 1.54) is 0 Å². The summed E-state index contributed by atoms with van der Waals surface area (Å²) in [6, 6.07) is 0.671. The van der Waals surface area contributed by atoms with E-state index in [4.69, 9.17) is 4.84 Å². The predicted octanol–water partition coefficient (Wildman–Crippen LogP) is 3.18. The molecule has 0 aliphatic carbocycles. The van der Waals surface area contributed by atoms with Crippen LogP contribution in [-0.4, -0.2) is 47.9 Å². The number of hydrogen-bond donors (Lipinski definition) is 0. The van der Waals surface area contributed by atoms with Gasteiger partial charge in [0.05, 0.1) is 6.42 Å². The Labute approximate surface area is 117 Å². The highest BCUT2D eigenvalue weighted by Gasteiger charge is 2.42. The minimum Gasteiger partial charge on any atom is -0.298 e. The van der Waals surface area contributed by atoms with E-state index in [0.29, 0.717) is 22.6 Å². The maximum Gasteiger partial charge on any atom is 0.464 e. The van der Waals surface area contributed by atoms with Crippen LogP contribution < -0.4 is 0 Å². The van der Waals surface area contributed by atoms with Crippen LogP contribution in [0, 0.1) is 5.92 Å². The van der Waals surface area contributed by atoms with Crippen molar-refractivity contribution in [3.63, 3.8) is 0 Å². The second-order valence-electron chi connectivity index (χ2n) is 6.73. The largest absolute Gasteiger partial charge is 0.464 e. The number of piperidine rings is 1. The molecule has 0 saturated carbocycles. The van der Waals surface area contributed by atoms with E-state index in [9.17, 15) is 4.79 Å². The third-order valence-corrected chi connectivity index (χ3v) is 4.68. The Morgan fingerprint density at radius 1 is 1.32 bits per heavy atom.